The van der Waals surface area contributed by atoms with Gasteiger partial charge in [-0.2, -0.15) is 0 Å². The zero-order chi connectivity index (χ0) is 27.0. The van der Waals surface area contributed by atoms with E-state index in [1.54, 1.807) is 11.3 Å². The lowest BCUT2D eigenvalue weighted by atomic mass is 9.83. The number of nitrogens with one attached hydrogen (secondary N) is 2. The minimum absolute atomic E-state index is 0.129. The number of thiazole rings is 1. The average molecular weight is 521 g/mol. The molecular weight excluding hydrogens is 479 g/mol. The molecule has 0 bridgehead atoms. The van der Waals surface area contributed by atoms with Gasteiger partial charge in [0.1, 0.15) is 18.4 Å². The first-order valence-electron chi connectivity index (χ1n) is 12.4. The zero-order valence-corrected chi connectivity index (χ0v) is 23.4. The van der Waals surface area contributed by atoms with Crippen LogP contribution in [-0.4, -0.2) is 68.7 Å². The number of aromatic nitrogens is 1. The zero-order valence-electron chi connectivity index (χ0n) is 22.5. The molecule has 1 fully saturated rings. The molecule has 200 valence electrons. The largest absolute Gasteiger partial charge is 0.389 e. The average Bonchev–Trinajstić information content (AvgIpc) is 3.33. The molecule has 2 aromatic rings. The Hall–Kier alpha value is -1.91. The van der Waals surface area contributed by atoms with Crippen molar-refractivity contribution in [2.24, 2.45) is 5.41 Å². The maximum atomic E-state index is 15.2. The molecule has 0 saturated carbocycles. The van der Waals surface area contributed by atoms with Crippen LogP contribution in [-0.2, 0) is 4.79 Å². The summed E-state index contributed by atoms with van der Waals surface area (Å²) in [5, 5.41) is 28.0. The molecule has 1 aromatic carbocycles. The standard InChI is InChI=1S/C27H41FN4O3S/c1-15(17-9-11-18(12-10-17)22-16(2)29-14-36-22)30-24(34)21-20(28)19(33)13-32(21)25(35)23(26(3,4)5)31-27(6,7)8/h9-12,14-15,19-21,23,25,31,33,35H,13H2,1-8H3,(H,30,34)/t15-,19-,20-,21-,23+,25?/m0/s1. The topological polar surface area (TPSA) is 97.7 Å². The molecule has 1 aliphatic rings. The molecule has 2 heterocycles. The van der Waals surface area contributed by atoms with Crippen molar-refractivity contribution in [1.82, 2.24) is 20.5 Å². The highest BCUT2D eigenvalue weighted by Gasteiger charge is 2.51. The van der Waals surface area contributed by atoms with Crippen LogP contribution in [0.3, 0.4) is 0 Å². The van der Waals surface area contributed by atoms with Crippen molar-refractivity contribution in [3.05, 3.63) is 41.0 Å². The first kappa shape index (κ1) is 28.7. The van der Waals surface area contributed by atoms with Crippen molar-refractivity contribution in [2.45, 2.75) is 97.6 Å². The second kappa shape index (κ2) is 10.8. The molecule has 0 radical (unpaired) electrons. The number of aryl methyl sites for hydroxylation is 1. The first-order valence-corrected chi connectivity index (χ1v) is 13.3. The van der Waals surface area contributed by atoms with E-state index in [4.69, 9.17) is 0 Å². The van der Waals surface area contributed by atoms with Crippen molar-refractivity contribution in [3.8, 4) is 10.4 Å². The summed E-state index contributed by atoms with van der Waals surface area (Å²) in [5.74, 6) is -0.559. The van der Waals surface area contributed by atoms with Crippen LogP contribution in [0.5, 0.6) is 0 Å². The maximum absolute atomic E-state index is 15.2. The SMILES string of the molecule is Cc1ncsc1-c1ccc([C@H](C)NC(=O)[C@@H]2[C@@H](F)[C@@H](O)CN2C(O)[C@@H](NC(C)(C)C)C(C)(C)C)cc1. The van der Waals surface area contributed by atoms with Gasteiger partial charge in [-0.3, -0.25) is 9.69 Å². The number of benzene rings is 1. The van der Waals surface area contributed by atoms with Gasteiger partial charge in [0, 0.05) is 12.1 Å². The van der Waals surface area contributed by atoms with Crippen LogP contribution < -0.4 is 10.6 Å². The van der Waals surface area contributed by atoms with Crippen LogP contribution in [0, 0.1) is 12.3 Å². The van der Waals surface area contributed by atoms with E-state index in [-0.39, 0.29) is 18.1 Å². The molecule has 6 atom stereocenters. The summed E-state index contributed by atoms with van der Waals surface area (Å²) in [6.45, 7) is 15.6. The van der Waals surface area contributed by atoms with E-state index in [1.807, 2.05) is 85.2 Å². The van der Waals surface area contributed by atoms with Crippen molar-refractivity contribution in [2.75, 3.05) is 6.54 Å². The van der Waals surface area contributed by atoms with Crippen molar-refractivity contribution < 1.29 is 19.4 Å². The molecule has 3 rings (SSSR count). The van der Waals surface area contributed by atoms with E-state index in [2.05, 4.69) is 15.6 Å². The number of carbonyl (C=O) groups excluding carboxylic acids is 1. The number of rotatable bonds is 7. The summed E-state index contributed by atoms with van der Waals surface area (Å²) >= 11 is 1.57. The number of halogens is 1. The number of hydrogen-bond donors (Lipinski definition) is 4. The van der Waals surface area contributed by atoms with Gasteiger partial charge in [0.2, 0.25) is 5.91 Å². The fourth-order valence-electron chi connectivity index (χ4n) is 4.67. The van der Waals surface area contributed by atoms with Gasteiger partial charge in [-0.1, -0.05) is 45.0 Å². The number of β-amino-alcohol motifs (C(OH)–C–C–N with tert-alkyl or cyclic N) is 1. The van der Waals surface area contributed by atoms with Crippen LogP contribution >= 0.6 is 11.3 Å². The fraction of sp³-hybridized carbons (Fsp3) is 0.630. The lowest BCUT2D eigenvalue weighted by Gasteiger charge is -2.44. The number of aliphatic hydroxyl groups excluding tert-OH is 2. The van der Waals surface area contributed by atoms with Crippen molar-refractivity contribution in [3.63, 3.8) is 0 Å². The predicted octanol–water partition coefficient (Wildman–Crippen LogP) is 3.80. The maximum Gasteiger partial charge on any atom is 0.241 e. The number of hydrogen-bond acceptors (Lipinski definition) is 7. The van der Waals surface area contributed by atoms with E-state index in [1.165, 1.54) is 4.90 Å². The Kier molecular flexibility index (Phi) is 8.62. The quantitative estimate of drug-likeness (QED) is 0.443. The van der Waals surface area contributed by atoms with Gasteiger partial charge < -0.3 is 20.8 Å². The molecule has 1 aromatic heterocycles. The smallest absolute Gasteiger partial charge is 0.241 e. The highest BCUT2D eigenvalue weighted by atomic mass is 32.1. The third-order valence-electron chi connectivity index (χ3n) is 6.63. The summed E-state index contributed by atoms with van der Waals surface area (Å²) in [7, 11) is 0. The van der Waals surface area contributed by atoms with E-state index in [9.17, 15) is 15.0 Å². The van der Waals surface area contributed by atoms with Gasteiger partial charge in [0.25, 0.3) is 0 Å². The summed E-state index contributed by atoms with van der Waals surface area (Å²) in [4.78, 5) is 20.1. The van der Waals surface area contributed by atoms with E-state index in [0.29, 0.717) is 0 Å². The molecule has 4 N–H and O–H groups in total. The molecule has 1 unspecified atom stereocenters. The minimum atomic E-state index is -1.81. The monoisotopic (exact) mass is 520 g/mol. The number of likely N-dealkylation sites (tertiary alicyclic amines) is 1. The third-order valence-corrected chi connectivity index (χ3v) is 7.61. The Balaban J connectivity index is 1.77. The van der Waals surface area contributed by atoms with Crippen LogP contribution in [0.4, 0.5) is 4.39 Å². The van der Waals surface area contributed by atoms with E-state index < -0.39 is 41.9 Å². The van der Waals surface area contributed by atoms with E-state index >= 15 is 4.39 Å². The molecule has 1 amide bonds. The van der Waals surface area contributed by atoms with Crippen LogP contribution in [0.2, 0.25) is 0 Å². The number of alkyl halides is 1. The second-order valence-electron chi connectivity index (χ2n) is 11.9. The Bertz CT molecular complexity index is 1030. The Morgan fingerprint density at radius 2 is 1.81 bits per heavy atom. The second-order valence-corrected chi connectivity index (χ2v) is 12.8. The molecular formula is C27H41FN4O3S. The third kappa shape index (κ3) is 6.50. The van der Waals surface area contributed by atoms with Gasteiger partial charge in [-0.25, -0.2) is 9.37 Å². The lowest BCUT2D eigenvalue weighted by Crippen LogP contribution is -2.63. The van der Waals surface area contributed by atoms with Gasteiger partial charge in [-0.05, 0) is 51.2 Å². The Labute approximate surface area is 218 Å². The Morgan fingerprint density at radius 3 is 2.31 bits per heavy atom. The van der Waals surface area contributed by atoms with Crippen molar-refractivity contribution >= 4 is 17.2 Å². The van der Waals surface area contributed by atoms with E-state index in [0.717, 1.165) is 21.7 Å². The summed E-state index contributed by atoms with van der Waals surface area (Å²) in [6, 6.07) is 5.69. The van der Waals surface area contributed by atoms with Gasteiger partial charge >= 0.3 is 0 Å². The number of aliphatic hydroxyl groups is 2. The highest BCUT2D eigenvalue weighted by molar-refractivity contribution is 7.13. The molecule has 1 saturated heterocycles. The lowest BCUT2D eigenvalue weighted by molar-refractivity contribution is -0.135. The first-order chi connectivity index (χ1) is 16.6. The molecule has 0 spiro atoms. The summed E-state index contributed by atoms with van der Waals surface area (Å²) in [5.41, 5.74) is 4.00. The predicted molar refractivity (Wildman–Crippen MR) is 142 cm³/mol. The molecule has 9 heteroatoms. The molecule has 1 aliphatic heterocycles. The van der Waals surface area contributed by atoms with Gasteiger partial charge in [-0.15, -0.1) is 11.3 Å². The molecule has 0 aliphatic carbocycles. The number of nitrogens with zero attached hydrogens (tertiary/aromatic N) is 2. The normalized spacial score (nSPS) is 23.9. The number of amides is 1. The van der Waals surface area contributed by atoms with Crippen LogP contribution in [0.25, 0.3) is 10.4 Å². The minimum Gasteiger partial charge on any atom is -0.389 e. The fourth-order valence-corrected chi connectivity index (χ4v) is 5.48. The van der Waals surface area contributed by atoms with Gasteiger partial charge in [0.05, 0.1) is 28.2 Å². The molecule has 36 heavy (non-hydrogen) atoms. The van der Waals surface area contributed by atoms with Crippen molar-refractivity contribution in [1.29, 1.82) is 0 Å². The summed E-state index contributed by atoms with van der Waals surface area (Å²) in [6.07, 6.45) is -4.34. The van der Waals surface area contributed by atoms with Gasteiger partial charge in [0.15, 0.2) is 6.17 Å². The number of carbonyl (C=O) groups is 1. The Morgan fingerprint density at radius 1 is 1.19 bits per heavy atom. The van der Waals surface area contributed by atoms with Crippen LogP contribution in [0.15, 0.2) is 29.8 Å². The summed E-state index contributed by atoms with van der Waals surface area (Å²) < 4.78 is 15.2. The highest BCUT2D eigenvalue weighted by Crippen LogP contribution is 2.32. The van der Waals surface area contributed by atoms with Crippen LogP contribution in [0.1, 0.15) is 65.8 Å². The molecule has 7 nitrogen and oxygen atoms in total.